The van der Waals surface area contributed by atoms with Crippen molar-refractivity contribution < 1.29 is 26.4 Å². The van der Waals surface area contributed by atoms with Crippen LogP contribution in [0.1, 0.15) is 25.0 Å². The van der Waals surface area contributed by atoms with Gasteiger partial charge in [-0.3, -0.25) is 4.79 Å². The van der Waals surface area contributed by atoms with Gasteiger partial charge in [0.25, 0.3) is 0 Å². The van der Waals surface area contributed by atoms with Crippen molar-refractivity contribution in [3.63, 3.8) is 0 Å². The lowest BCUT2D eigenvalue weighted by molar-refractivity contribution is -0.137. The molecule has 0 radical (unpaired) electrons. The summed E-state index contributed by atoms with van der Waals surface area (Å²) in [5.41, 5.74) is 4.43. The molecule has 1 amide bonds. The molecule has 0 bridgehead atoms. The summed E-state index contributed by atoms with van der Waals surface area (Å²) < 4.78 is 61.8. The van der Waals surface area contributed by atoms with Crippen LogP contribution in [0.2, 0.25) is 0 Å². The highest BCUT2D eigenvalue weighted by Gasteiger charge is 2.31. The fourth-order valence-corrected chi connectivity index (χ4v) is 3.61. The summed E-state index contributed by atoms with van der Waals surface area (Å²) in [7, 11) is -3.61. The third kappa shape index (κ3) is 6.57. The lowest BCUT2D eigenvalue weighted by atomic mass is 10.1. The number of sulfone groups is 1. The van der Waals surface area contributed by atoms with Crippen LogP contribution in [0.3, 0.4) is 0 Å². The highest BCUT2D eigenvalue weighted by molar-refractivity contribution is 7.92. The third-order valence-electron chi connectivity index (χ3n) is 2.78. The van der Waals surface area contributed by atoms with E-state index in [0.29, 0.717) is 0 Å². The van der Waals surface area contributed by atoms with Gasteiger partial charge in [0.15, 0.2) is 9.84 Å². The Morgan fingerprint density at radius 3 is 2.35 bits per heavy atom. The molecular weight excluding hydrogens is 333 g/mol. The van der Waals surface area contributed by atoms with Crippen molar-refractivity contribution >= 4 is 21.4 Å². The van der Waals surface area contributed by atoms with E-state index < -0.39 is 33.2 Å². The monoisotopic (exact) mass is 352 g/mol. The molecule has 3 N–H and O–H groups in total. The van der Waals surface area contributed by atoms with Crippen LogP contribution in [0.4, 0.5) is 18.9 Å². The van der Waals surface area contributed by atoms with E-state index in [4.69, 9.17) is 5.73 Å². The van der Waals surface area contributed by atoms with Gasteiger partial charge in [-0.15, -0.1) is 0 Å². The number of hydrogen-bond acceptors (Lipinski definition) is 4. The molecule has 0 aliphatic rings. The first-order valence-electron chi connectivity index (χ1n) is 6.84. The van der Waals surface area contributed by atoms with Crippen LogP contribution in [0.25, 0.3) is 0 Å². The molecule has 9 heteroatoms. The third-order valence-corrected chi connectivity index (χ3v) is 4.65. The summed E-state index contributed by atoms with van der Waals surface area (Å²) >= 11 is 0. The van der Waals surface area contributed by atoms with Crippen molar-refractivity contribution in [2.24, 2.45) is 11.7 Å². The van der Waals surface area contributed by atoms with E-state index in [1.54, 1.807) is 13.8 Å². The average molecular weight is 352 g/mol. The van der Waals surface area contributed by atoms with E-state index in [2.05, 4.69) is 5.32 Å². The Labute approximate surface area is 133 Å². The molecule has 5 nitrogen and oxygen atoms in total. The Hall–Kier alpha value is -1.61. The molecule has 0 atom stereocenters. The van der Waals surface area contributed by atoms with Gasteiger partial charge < -0.3 is 11.1 Å². The quantitative estimate of drug-likeness (QED) is 0.821. The van der Waals surface area contributed by atoms with E-state index in [0.717, 1.165) is 12.1 Å². The van der Waals surface area contributed by atoms with Gasteiger partial charge in [-0.1, -0.05) is 13.8 Å². The van der Waals surface area contributed by atoms with E-state index in [1.165, 1.54) is 6.07 Å². The number of carbonyl (C=O) groups is 1. The topological polar surface area (TPSA) is 89.3 Å². The Bertz CT molecular complexity index is 670. The van der Waals surface area contributed by atoms with Crippen molar-refractivity contribution in [2.75, 3.05) is 16.8 Å². The lowest BCUT2D eigenvalue weighted by Crippen LogP contribution is -2.26. The molecular formula is C14H19F3N2O3S. The van der Waals surface area contributed by atoms with Crippen LogP contribution in [-0.4, -0.2) is 25.8 Å². The molecule has 130 valence electrons. The summed E-state index contributed by atoms with van der Waals surface area (Å²) in [4.78, 5) is 11.8. The maximum Gasteiger partial charge on any atom is 0.416 e. The molecule has 0 unspecified atom stereocenters. The zero-order valence-corrected chi connectivity index (χ0v) is 13.6. The second-order valence-corrected chi connectivity index (χ2v) is 7.73. The van der Waals surface area contributed by atoms with E-state index in [-0.39, 0.29) is 29.5 Å². The number of halogens is 3. The van der Waals surface area contributed by atoms with Crippen molar-refractivity contribution in [1.82, 2.24) is 0 Å². The lowest BCUT2D eigenvalue weighted by Gasteiger charge is -2.13. The Balaban J connectivity index is 2.94. The fraction of sp³-hybridized carbons (Fsp3) is 0.500. The highest BCUT2D eigenvalue weighted by atomic mass is 32.2. The molecule has 0 aliphatic carbocycles. The number of anilines is 1. The maximum atomic E-state index is 12.8. The van der Waals surface area contributed by atoms with E-state index in [9.17, 15) is 26.4 Å². The number of benzene rings is 1. The largest absolute Gasteiger partial charge is 0.416 e. The standard InChI is InChI=1S/C14H19F3N2O3S/c1-9(2)7-23(21,22)8-13(20)19-12-4-10(6-18)3-11(5-12)14(15,16)17/h3-5,9H,6-8,18H2,1-2H3,(H,19,20). The predicted molar refractivity (Wildman–Crippen MR) is 81.5 cm³/mol. The van der Waals surface area contributed by atoms with Gasteiger partial charge in [-0.05, 0) is 29.7 Å². The number of rotatable bonds is 6. The molecule has 0 heterocycles. The molecule has 0 saturated heterocycles. The molecule has 1 aromatic rings. The first-order chi connectivity index (χ1) is 10.4. The average Bonchev–Trinajstić information content (AvgIpc) is 2.34. The van der Waals surface area contributed by atoms with Crippen molar-refractivity contribution in [2.45, 2.75) is 26.6 Å². The first kappa shape index (κ1) is 19.4. The normalized spacial score (nSPS) is 12.5. The van der Waals surface area contributed by atoms with Crippen LogP contribution in [-0.2, 0) is 27.4 Å². The Kier molecular flexibility index (Phi) is 6.18. The molecule has 0 spiro atoms. The molecule has 0 saturated carbocycles. The number of hydrogen-bond donors (Lipinski definition) is 2. The molecule has 0 aliphatic heterocycles. The minimum absolute atomic E-state index is 0.134. The Morgan fingerprint density at radius 1 is 1.26 bits per heavy atom. The maximum absolute atomic E-state index is 12.8. The number of amides is 1. The van der Waals surface area contributed by atoms with Crippen molar-refractivity contribution in [1.29, 1.82) is 0 Å². The zero-order chi connectivity index (χ0) is 17.8. The SMILES string of the molecule is CC(C)CS(=O)(=O)CC(=O)Nc1cc(CN)cc(C(F)(F)F)c1. The first-order valence-corrected chi connectivity index (χ1v) is 8.66. The zero-order valence-electron chi connectivity index (χ0n) is 12.8. The minimum Gasteiger partial charge on any atom is -0.326 e. The molecule has 1 aromatic carbocycles. The summed E-state index contributed by atoms with van der Waals surface area (Å²) in [6.07, 6.45) is -4.59. The fourth-order valence-electron chi connectivity index (χ4n) is 2.01. The second-order valence-electron chi connectivity index (χ2n) is 5.62. The van der Waals surface area contributed by atoms with Crippen LogP contribution >= 0.6 is 0 Å². The van der Waals surface area contributed by atoms with E-state index in [1.807, 2.05) is 0 Å². The van der Waals surface area contributed by atoms with Crippen LogP contribution in [0, 0.1) is 5.92 Å². The van der Waals surface area contributed by atoms with Gasteiger partial charge in [-0.2, -0.15) is 13.2 Å². The van der Waals surface area contributed by atoms with Crippen molar-refractivity contribution in [3.8, 4) is 0 Å². The molecule has 1 rings (SSSR count). The van der Waals surface area contributed by atoms with Gasteiger partial charge >= 0.3 is 6.18 Å². The number of nitrogens with two attached hydrogens (primary N) is 1. The summed E-state index contributed by atoms with van der Waals surface area (Å²) in [5, 5.41) is 2.18. The molecule has 0 fully saturated rings. The van der Waals surface area contributed by atoms with Crippen LogP contribution < -0.4 is 11.1 Å². The van der Waals surface area contributed by atoms with Gasteiger partial charge in [0, 0.05) is 12.2 Å². The molecule has 0 aromatic heterocycles. The summed E-state index contributed by atoms with van der Waals surface area (Å²) in [6, 6.07) is 2.90. The second kappa shape index (κ2) is 7.31. The summed E-state index contributed by atoms with van der Waals surface area (Å²) in [6.45, 7) is 3.24. The van der Waals surface area contributed by atoms with Crippen molar-refractivity contribution in [3.05, 3.63) is 29.3 Å². The number of nitrogens with one attached hydrogen (secondary N) is 1. The smallest absolute Gasteiger partial charge is 0.326 e. The minimum atomic E-state index is -4.59. The highest BCUT2D eigenvalue weighted by Crippen LogP contribution is 2.32. The predicted octanol–water partition coefficient (Wildman–Crippen LogP) is 2.17. The van der Waals surface area contributed by atoms with Crippen LogP contribution in [0.15, 0.2) is 18.2 Å². The number of alkyl halides is 3. The molecule has 23 heavy (non-hydrogen) atoms. The van der Waals surface area contributed by atoms with E-state index >= 15 is 0 Å². The van der Waals surface area contributed by atoms with Gasteiger partial charge in [0.1, 0.15) is 5.75 Å². The van der Waals surface area contributed by atoms with Gasteiger partial charge in [0.05, 0.1) is 11.3 Å². The summed E-state index contributed by atoms with van der Waals surface area (Å²) in [5.74, 6) is -1.98. The van der Waals surface area contributed by atoms with Gasteiger partial charge in [0.2, 0.25) is 5.91 Å². The van der Waals surface area contributed by atoms with Crippen LogP contribution in [0.5, 0.6) is 0 Å². The number of carbonyl (C=O) groups excluding carboxylic acids is 1. The van der Waals surface area contributed by atoms with Gasteiger partial charge in [-0.25, -0.2) is 8.42 Å². The Morgan fingerprint density at radius 2 is 1.87 bits per heavy atom.